The van der Waals surface area contributed by atoms with Crippen LogP contribution in [-0.2, 0) is 21.9 Å². The van der Waals surface area contributed by atoms with Gasteiger partial charge < -0.3 is 16.0 Å². The van der Waals surface area contributed by atoms with Crippen molar-refractivity contribution in [2.24, 2.45) is 16.6 Å². The van der Waals surface area contributed by atoms with Crippen LogP contribution in [0.25, 0.3) is 0 Å². The Bertz CT molecular complexity index is 1120. The summed E-state index contributed by atoms with van der Waals surface area (Å²) in [6, 6.07) is 17.5. The third-order valence-corrected chi connectivity index (χ3v) is 9.18. The lowest BCUT2D eigenvalue weighted by molar-refractivity contribution is -0.140. The molecule has 2 unspecified atom stereocenters. The predicted molar refractivity (Wildman–Crippen MR) is 169 cm³/mol. The zero-order valence-electron chi connectivity index (χ0n) is 24.5. The minimum atomic E-state index is -0.419. The number of rotatable bonds is 14. The number of carbonyl (C=O) groups is 2. The standard InChI is InChI=1S/C33H47N5O2S/c1-2-3-20-35-31(34)28-18-16-26(17-19-28)23-36-32(39)30-15-10-21-38(30)33(40)29(22-25-11-6-4-7-12-25)37-41-24-27-13-8-5-9-14-27/h5,8-9,13-14,16-19,25,29-30,37H,2-4,6-7,10-12,15,20-24H2,1H3,(H2,34,35)(H,36,39). The molecule has 2 atom stereocenters. The maximum Gasteiger partial charge on any atom is 0.243 e. The van der Waals surface area contributed by atoms with Gasteiger partial charge in [-0.05, 0) is 42.7 Å². The average Bonchev–Trinajstić information content (AvgIpc) is 3.51. The summed E-state index contributed by atoms with van der Waals surface area (Å²) in [5, 5.41) is 3.08. The molecule has 0 bridgehead atoms. The highest BCUT2D eigenvalue weighted by Gasteiger charge is 2.37. The van der Waals surface area contributed by atoms with Gasteiger partial charge in [0.1, 0.15) is 11.9 Å². The molecule has 4 rings (SSSR count). The molecular weight excluding hydrogens is 530 g/mol. The van der Waals surface area contributed by atoms with Crippen molar-refractivity contribution in [2.45, 2.75) is 95.5 Å². The lowest BCUT2D eigenvalue weighted by Crippen LogP contribution is -2.51. The minimum Gasteiger partial charge on any atom is -0.384 e. The van der Waals surface area contributed by atoms with Gasteiger partial charge in [0.15, 0.2) is 0 Å². The summed E-state index contributed by atoms with van der Waals surface area (Å²) in [5.74, 6) is 1.90. The van der Waals surface area contributed by atoms with Crippen LogP contribution in [-0.4, -0.2) is 47.7 Å². The zero-order valence-corrected chi connectivity index (χ0v) is 25.3. The van der Waals surface area contributed by atoms with E-state index in [1.807, 2.05) is 47.4 Å². The van der Waals surface area contributed by atoms with Crippen LogP contribution in [0.1, 0.15) is 87.8 Å². The van der Waals surface area contributed by atoms with Gasteiger partial charge in [0.05, 0.1) is 6.04 Å². The molecule has 2 fully saturated rings. The number of amides is 2. The molecule has 0 aromatic heterocycles. The molecule has 2 amide bonds. The van der Waals surface area contributed by atoms with Crippen molar-refractivity contribution in [3.63, 3.8) is 0 Å². The molecule has 0 spiro atoms. The summed E-state index contributed by atoms with van der Waals surface area (Å²) >= 11 is 1.60. The Morgan fingerprint density at radius 1 is 1.00 bits per heavy atom. The molecule has 7 nitrogen and oxygen atoms in total. The van der Waals surface area contributed by atoms with Gasteiger partial charge in [-0.15, -0.1) is 0 Å². The Morgan fingerprint density at radius 3 is 2.49 bits per heavy atom. The first kappa shape index (κ1) is 31.1. The second kappa shape index (κ2) is 16.6. The molecule has 1 heterocycles. The number of nitrogens with zero attached hydrogens (tertiary/aromatic N) is 2. The maximum absolute atomic E-state index is 13.9. The number of carbonyl (C=O) groups excluding carboxylic acids is 2. The molecule has 2 aromatic carbocycles. The van der Waals surface area contributed by atoms with Gasteiger partial charge in [-0.25, -0.2) is 0 Å². The molecule has 2 aliphatic rings. The van der Waals surface area contributed by atoms with E-state index in [1.54, 1.807) is 11.9 Å². The average molecular weight is 578 g/mol. The second-order valence-corrected chi connectivity index (χ2v) is 12.2. The van der Waals surface area contributed by atoms with E-state index in [4.69, 9.17) is 5.73 Å². The van der Waals surface area contributed by atoms with E-state index >= 15 is 0 Å². The first-order valence-corrected chi connectivity index (χ1v) is 16.4. The first-order chi connectivity index (χ1) is 20.0. The number of benzene rings is 2. The van der Waals surface area contributed by atoms with E-state index in [1.165, 1.54) is 37.7 Å². The Kier molecular flexibility index (Phi) is 12.6. The monoisotopic (exact) mass is 577 g/mol. The van der Waals surface area contributed by atoms with Crippen LogP contribution in [0.5, 0.6) is 0 Å². The van der Waals surface area contributed by atoms with Gasteiger partial charge >= 0.3 is 0 Å². The van der Waals surface area contributed by atoms with Crippen molar-refractivity contribution in [1.82, 2.24) is 14.9 Å². The number of hydrogen-bond donors (Lipinski definition) is 3. The molecule has 1 saturated carbocycles. The van der Waals surface area contributed by atoms with Gasteiger partial charge in [0.2, 0.25) is 11.8 Å². The summed E-state index contributed by atoms with van der Waals surface area (Å²) in [6.07, 6.45) is 10.7. The Labute approximate surface area is 250 Å². The van der Waals surface area contributed by atoms with Crippen molar-refractivity contribution in [2.75, 3.05) is 13.1 Å². The number of hydrogen-bond acceptors (Lipinski definition) is 5. The lowest BCUT2D eigenvalue weighted by atomic mass is 9.84. The Morgan fingerprint density at radius 2 is 1.76 bits per heavy atom. The molecule has 2 aromatic rings. The van der Waals surface area contributed by atoms with Crippen LogP contribution in [0.2, 0.25) is 0 Å². The van der Waals surface area contributed by atoms with Crippen LogP contribution in [0.4, 0.5) is 0 Å². The fourth-order valence-corrected chi connectivity index (χ4v) is 6.65. The van der Waals surface area contributed by atoms with Gasteiger partial charge in [0.25, 0.3) is 0 Å². The molecule has 1 aliphatic heterocycles. The van der Waals surface area contributed by atoms with Gasteiger partial charge in [-0.3, -0.25) is 19.3 Å². The second-order valence-electron chi connectivity index (χ2n) is 11.4. The summed E-state index contributed by atoms with van der Waals surface area (Å²) in [4.78, 5) is 33.4. The molecule has 4 N–H and O–H groups in total. The number of nitrogens with one attached hydrogen (secondary N) is 2. The summed E-state index contributed by atoms with van der Waals surface area (Å²) in [7, 11) is 0. The Hall–Kier alpha value is -2.84. The molecule has 222 valence electrons. The third-order valence-electron chi connectivity index (χ3n) is 8.25. The number of amidine groups is 1. The van der Waals surface area contributed by atoms with Crippen molar-refractivity contribution >= 4 is 29.6 Å². The normalized spacial score (nSPS) is 18.8. The van der Waals surface area contributed by atoms with E-state index < -0.39 is 6.04 Å². The van der Waals surface area contributed by atoms with E-state index in [0.29, 0.717) is 31.3 Å². The highest BCUT2D eigenvalue weighted by Crippen LogP contribution is 2.29. The number of nitrogens with two attached hydrogens (primary N) is 1. The zero-order chi connectivity index (χ0) is 28.9. The van der Waals surface area contributed by atoms with Crippen molar-refractivity contribution in [3.05, 3.63) is 71.3 Å². The maximum atomic E-state index is 13.9. The quantitative estimate of drug-likeness (QED) is 0.118. The van der Waals surface area contributed by atoms with E-state index in [2.05, 4.69) is 34.1 Å². The number of unbranched alkanes of at least 4 members (excludes halogenated alkanes) is 1. The van der Waals surface area contributed by atoms with Crippen molar-refractivity contribution in [3.8, 4) is 0 Å². The van der Waals surface area contributed by atoms with Gasteiger partial charge in [-0.2, -0.15) is 0 Å². The molecule has 0 radical (unpaired) electrons. The lowest BCUT2D eigenvalue weighted by Gasteiger charge is -2.31. The van der Waals surface area contributed by atoms with Crippen LogP contribution in [0.15, 0.2) is 59.6 Å². The summed E-state index contributed by atoms with van der Waals surface area (Å²) in [6.45, 7) is 3.92. The SMILES string of the molecule is CCCCN=C(N)c1ccc(CNC(=O)C2CCCN2C(=O)C(CC2CCCCC2)NSCc2ccccc2)cc1. The van der Waals surface area contributed by atoms with Crippen molar-refractivity contribution in [1.29, 1.82) is 0 Å². The molecule has 1 aliphatic carbocycles. The van der Waals surface area contributed by atoms with E-state index in [0.717, 1.165) is 49.1 Å². The van der Waals surface area contributed by atoms with Crippen LogP contribution in [0.3, 0.4) is 0 Å². The minimum absolute atomic E-state index is 0.0657. The number of aliphatic imine (C=N–C) groups is 1. The third kappa shape index (κ3) is 9.60. The fourth-order valence-electron chi connectivity index (χ4n) is 5.81. The molecule has 41 heavy (non-hydrogen) atoms. The highest BCUT2D eigenvalue weighted by atomic mass is 32.2. The topological polar surface area (TPSA) is 99.8 Å². The first-order valence-electron chi connectivity index (χ1n) is 15.4. The Balaban J connectivity index is 1.33. The number of likely N-dealkylation sites (tertiary alicyclic amines) is 1. The van der Waals surface area contributed by atoms with E-state index in [9.17, 15) is 9.59 Å². The molecule has 8 heteroatoms. The van der Waals surface area contributed by atoms with Gasteiger partial charge in [0, 0.05) is 31.0 Å². The predicted octanol–water partition coefficient (Wildman–Crippen LogP) is 5.58. The largest absolute Gasteiger partial charge is 0.384 e. The van der Waals surface area contributed by atoms with Crippen LogP contribution < -0.4 is 15.8 Å². The molecular formula is C33H47N5O2S. The summed E-state index contributed by atoms with van der Waals surface area (Å²) in [5.41, 5.74) is 9.23. The summed E-state index contributed by atoms with van der Waals surface area (Å²) < 4.78 is 3.51. The molecule has 1 saturated heterocycles. The van der Waals surface area contributed by atoms with Crippen LogP contribution >= 0.6 is 11.9 Å². The fraction of sp³-hybridized carbons (Fsp3) is 0.545. The van der Waals surface area contributed by atoms with Crippen molar-refractivity contribution < 1.29 is 9.59 Å². The highest BCUT2D eigenvalue weighted by molar-refractivity contribution is 7.96. The van der Waals surface area contributed by atoms with Crippen LogP contribution in [0, 0.1) is 5.92 Å². The smallest absolute Gasteiger partial charge is 0.243 e. The van der Waals surface area contributed by atoms with Gasteiger partial charge in [-0.1, -0.05) is 112 Å². The van der Waals surface area contributed by atoms with E-state index in [-0.39, 0.29) is 17.9 Å².